The molecule has 1 aliphatic heterocycles. The Bertz CT molecular complexity index is 880. The zero-order valence-corrected chi connectivity index (χ0v) is 19.3. The maximum Gasteiger partial charge on any atom is 0.242 e. The van der Waals surface area contributed by atoms with Gasteiger partial charge >= 0.3 is 0 Å². The van der Waals surface area contributed by atoms with Crippen molar-refractivity contribution < 1.29 is 23.1 Å². The monoisotopic (exact) mass is 464 g/mol. The minimum Gasteiger partial charge on any atom is -0.467 e. The second kappa shape index (κ2) is 11.0. The van der Waals surface area contributed by atoms with E-state index in [1.807, 2.05) is 0 Å². The van der Waals surface area contributed by atoms with Crippen molar-refractivity contribution in [1.82, 2.24) is 9.80 Å². The largest absolute Gasteiger partial charge is 0.467 e. The Morgan fingerprint density at radius 2 is 1.91 bits per heavy atom. The van der Waals surface area contributed by atoms with Crippen LogP contribution in [0.1, 0.15) is 38.0 Å². The third-order valence-electron chi connectivity index (χ3n) is 5.54. The number of nitrogens with zero attached hydrogens (tertiary/aromatic N) is 2. The normalized spacial score (nSPS) is 16.2. The molecule has 1 aromatic carbocycles. The number of carbonyl (C=O) groups excluding carboxylic acids is 2. The Morgan fingerprint density at radius 3 is 2.50 bits per heavy atom. The van der Waals surface area contributed by atoms with Gasteiger partial charge in [-0.3, -0.25) is 9.59 Å². The fourth-order valence-electron chi connectivity index (χ4n) is 3.63. The van der Waals surface area contributed by atoms with Crippen LogP contribution in [0.2, 0.25) is 0 Å². The molecule has 174 valence electrons. The molecule has 0 radical (unpaired) electrons. The zero-order chi connectivity index (χ0) is 23.1. The molecule has 1 unspecified atom stereocenters. The van der Waals surface area contributed by atoms with Gasteiger partial charge in [-0.15, -0.1) is 11.6 Å². The van der Waals surface area contributed by atoms with E-state index in [2.05, 4.69) is 0 Å². The quantitative estimate of drug-likeness (QED) is 0.494. The summed E-state index contributed by atoms with van der Waals surface area (Å²) < 4.78 is 24.5. The fourth-order valence-corrected chi connectivity index (χ4v) is 3.75. The lowest BCUT2D eigenvalue weighted by molar-refractivity contribution is -0.147. The molecule has 6 nitrogen and oxygen atoms in total. The lowest BCUT2D eigenvalue weighted by atomic mass is 9.94. The first-order chi connectivity index (χ1) is 15.3. The van der Waals surface area contributed by atoms with Crippen LogP contribution in [-0.2, 0) is 27.4 Å². The Kier molecular flexibility index (Phi) is 8.32. The molecule has 2 aromatic rings. The Labute approximate surface area is 193 Å². The number of benzene rings is 1. The Balaban J connectivity index is 1.78. The molecule has 0 aliphatic carbocycles. The van der Waals surface area contributed by atoms with Crippen LogP contribution >= 0.6 is 11.6 Å². The van der Waals surface area contributed by atoms with E-state index in [0.29, 0.717) is 18.9 Å². The summed E-state index contributed by atoms with van der Waals surface area (Å²) in [5.74, 6) is 0.0136. The summed E-state index contributed by atoms with van der Waals surface area (Å²) in [6.07, 6.45) is 3.25. The topological polar surface area (TPSA) is 63.0 Å². The number of hydrogen-bond donors (Lipinski definition) is 0. The average molecular weight is 465 g/mol. The highest BCUT2D eigenvalue weighted by Gasteiger charge is 2.35. The van der Waals surface area contributed by atoms with E-state index in [0.717, 1.165) is 18.4 Å². The molecule has 1 atom stereocenters. The van der Waals surface area contributed by atoms with E-state index in [9.17, 15) is 14.0 Å². The van der Waals surface area contributed by atoms with Crippen molar-refractivity contribution in [1.29, 1.82) is 0 Å². The highest BCUT2D eigenvalue weighted by molar-refractivity contribution is 6.19. The summed E-state index contributed by atoms with van der Waals surface area (Å²) >= 11 is 6.05. The average Bonchev–Trinajstić information content (AvgIpc) is 3.48. The van der Waals surface area contributed by atoms with Gasteiger partial charge in [-0.1, -0.05) is 12.1 Å². The summed E-state index contributed by atoms with van der Waals surface area (Å²) in [4.78, 5) is 29.8. The van der Waals surface area contributed by atoms with Crippen LogP contribution in [0.15, 0.2) is 47.1 Å². The van der Waals surface area contributed by atoms with Gasteiger partial charge in [-0.2, -0.15) is 0 Å². The zero-order valence-electron chi connectivity index (χ0n) is 18.6. The van der Waals surface area contributed by atoms with E-state index in [-0.39, 0.29) is 49.2 Å². The number of halogens is 2. The summed E-state index contributed by atoms with van der Waals surface area (Å²) in [7, 11) is 0. The maximum absolute atomic E-state index is 13.4. The second-order valence-electron chi connectivity index (χ2n) is 8.79. The third-order valence-corrected chi connectivity index (χ3v) is 6.21. The van der Waals surface area contributed by atoms with Crippen molar-refractivity contribution in [2.24, 2.45) is 5.41 Å². The number of furan rings is 1. The Hall–Kier alpha value is -2.38. The van der Waals surface area contributed by atoms with Gasteiger partial charge < -0.3 is 19.0 Å². The van der Waals surface area contributed by atoms with Crippen LogP contribution in [0.5, 0.6) is 0 Å². The molecule has 1 aliphatic rings. The molecule has 32 heavy (non-hydrogen) atoms. The molecule has 0 bridgehead atoms. The van der Waals surface area contributed by atoms with Gasteiger partial charge in [-0.25, -0.2) is 4.39 Å². The van der Waals surface area contributed by atoms with E-state index in [4.69, 9.17) is 20.8 Å². The maximum atomic E-state index is 13.4. The van der Waals surface area contributed by atoms with Crippen LogP contribution in [0.3, 0.4) is 0 Å². The van der Waals surface area contributed by atoms with E-state index < -0.39 is 5.41 Å². The summed E-state index contributed by atoms with van der Waals surface area (Å²) in [5.41, 5.74) is -0.0205. The lowest BCUT2D eigenvalue weighted by Gasteiger charge is -2.33. The van der Waals surface area contributed by atoms with E-state index in [1.165, 1.54) is 12.1 Å². The number of amides is 2. The fraction of sp³-hybridized carbons (Fsp3) is 0.500. The number of carbonyl (C=O) groups is 2. The van der Waals surface area contributed by atoms with Gasteiger partial charge in [0.25, 0.3) is 0 Å². The molecular weight excluding hydrogens is 435 g/mol. The molecule has 0 N–H and O–H groups in total. The van der Waals surface area contributed by atoms with Crippen molar-refractivity contribution in [2.75, 3.05) is 25.6 Å². The first-order valence-corrected chi connectivity index (χ1v) is 11.3. The molecule has 1 fully saturated rings. The van der Waals surface area contributed by atoms with Crippen molar-refractivity contribution >= 4 is 23.4 Å². The Morgan fingerprint density at radius 1 is 1.16 bits per heavy atom. The molecule has 2 heterocycles. The van der Waals surface area contributed by atoms with Crippen LogP contribution in [0, 0.1) is 11.2 Å². The second-order valence-corrected chi connectivity index (χ2v) is 9.06. The molecule has 3 rings (SSSR count). The van der Waals surface area contributed by atoms with Gasteiger partial charge in [-0.05, 0) is 56.5 Å². The highest BCUT2D eigenvalue weighted by Crippen LogP contribution is 2.23. The van der Waals surface area contributed by atoms with Gasteiger partial charge in [0.1, 0.15) is 11.6 Å². The SMILES string of the molecule is CC(C)(CCl)C(=O)N(CC(=O)N(Cc1ccc(F)cc1)Cc1ccco1)CC1CCCO1. The van der Waals surface area contributed by atoms with Gasteiger partial charge in [0.15, 0.2) is 0 Å². The number of rotatable bonds is 10. The number of hydrogen-bond acceptors (Lipinski definition) is 4. The lowest BCUT2D eigenvalue weighted by Crippen LogP contribution is -2.49. The summed E-state index contributed by atoms with van der Waals surface area (Å²) in [6.45, 7) is 4.96. The van der Waals surface area contributed by atoms with Gasteiger partial charge in [0.05, 0.1) is 30.9 Å². The first kappa shape index (κ1) is 24.3. The number of alkyl halides is 1. The smallest absolute Gasteiger partial charge is 0.242 e. The van der Waals surface area contributed by atoms with Gasteiger partial charge in [0, 0.05) is 25.6 Å². The van der Waals surface area contributed by atoms with E-state index >= 15 is 0 Å². The van der Waals surface area contributed by atoms with Crippen molar-refractivity contribution in [2.45, 2.75) is 45.9 Å². The molecule has 1 aromatic heterocycles. The summed E-state index contributed by atoms with van der Waals surface area (Å²) in [6, 6.07) is 9.55. The van der Waals surface area contributed by atoms with Crippen LogP contribution in [0.4, 0.5) is 4.39 Å². The third kappa shape index (κ3) is 6.56. The number of ether oxygens (including phenoxy) is 1. The van der Waals surface area contributed by atoms with Crippen LogP contribution < -0.4 is 0 Å². The predicted octanol–water partition coefficient (Wildman–Crippen LogP) is 4.22. The van der Waals surface area contributed by atoms with Gasteiger partial charge in [0.2, 0.25) is 11.8 Å². The molecule has 1 saturated heterocycles. The van der Waals surface area contributed by atoms with Crippen molar-refractivity contribution in [3.63, 3.8) is 0 Å². The molecule has 8 heteroatoms. The molecular formula is C24H30ClFN2O4. The van der Waals surface area contributed by atoms with Crippen molar-refractivity contribution in [3.05, 3.63) is 59.8 Å². The predicted molar refractivity (Wildman–Crippen MR) is 119 cm³/mol. The van der Waals surface area contributed by atoms with E-state index in [1.54, 1.807) is 54.2 Å². The highest BCUT2D eigenvalue weighted by atomic mass is 35.5. The van der Waals surface area contributed by atoms with Crippen molar-refractivity contribution in [3.8, 4) is 0 Å². The minimum atomic E-state index is -0.802. The minimum absolute atomic E-state index is 0.0894. The molecule has 2 amide bonds. The molecule has 0 spiro atoms. The standard InChI is InChI=1S/C24H30ClFN2O4/c1-24(2,17-25)23(30)28(15-21-6-4-12-32-21)16-22(29)27(14-20-5-3-11-31-20)13-18-7-9-19(26)10-8-18/h3,5,7-11,21H,4,6,12-17H2,1-2H3. The molecule has 0 saturated carbocycles. The van der Waals surface area contributed by atoms with Crippen LogP contribution in [-0.4, -0.2) is 53.3 Å². The van der Waals surface area contributed by atoms with Crippen LogP contribution in [0.25, 0.3) is 0 Å². The first-order valence-electron chi connectivity index (χ1n) is 10.8. The summed E-state index contributed by atoms with van der Waals surface area (Å²) in [5, 5.41) is 0.